The SMILES string of the molecule is CCCC(C)N(C)c1ccc(C(N)CC)cc1. The highest BCUT2D eigenvalue weighted by atomic mass is 15.1. The molecule has 0 saturated carbocycles. The van der Waals surface area contributed by atoms with Gasteiger partial charge in [-0.05, 0) is 37.5 Å². The second kappa shape index (κ2) is 6.65. The van der Waals surface area contributed by atoms with E-state index in [1.54, 1.807) is 0 Å². The Hall–Kier alpha value is -1.02. The van der Waals surface area contributed by atoms with Gasteiger partial charge in [-0.2, -0.15) is 0 Å². The van der Waals surface area contributed by atoms with E-state index in [0.717, 1.165) is 6.42 Å². The summed E-state index contributed by atoms with van der Waals surface area (Å²) in [5, 5.41) is 0. The first-order chi connectivity index (χ1) is 8.10. The van der Waals surface area contributed by atoms with Crippen LogP contribution in [0.25, 0.3) is 0 Å². The lowest BCUT2D eigenvalue weighted by Gasteiger charge is -2.27. The molecule has 0 fully saturated rings. The smallest absolute Gasteiger partial charge is 0.0366 e. The van der Waals surface area contributed by atoms with E-state index in [-0.39, 0.29) is 6.04 Å². The first kappa shape index (κ1) is 14.0. The summed E-state index contributed by atoms with van der Waals surface area (Å²) in [4.78, 5) is 2.34. The van der Waals surface area contributed by atoms with Crippen molar-refractivity contribution in [2.24, 2.45) is 5.73 Å². The predicted molar refractivity (Wildman–Crippen MR) is 76.4 cm³/mol. The fraction of sp³-hybridized carbons (Fsp3) is 0.600. The average molecular weight is 234 g/mol. The molecule has 2 N–H and O–H groups in total. The van der Waals surface area contributed by atoms with E-state index >= 15 is 0 Å². The van der Waals surface area contributed by atoms with Crippen molar-refractivity contribution >= 4 is 5.69 Å². The third-order valence-electron chi connectivity index (χ3n) is 3.54. The minimum atomic E-state index is 0.169. The molecule has 0 heterocycles. The van der Waals surface area contributed by atoms with Gasteiger partial charge in [0.2, 0.25) is 0 Å². The van der Waals surface area contributed by atoms with Crippen LogP contribution >= 0.6 is 0 Å². The summed E-state index contributed by atoms with van der Waals surface area (Å²) in [6, 6.07) is 9.42. The average Bonchev–Trinajstić information content (AvgIpc) is 2.37. The monoisotopic (exact) mass is 234 g/mol. The van der Waals surface area contributed by atoms with Crippen molar-refractivity contribution < 1.29 is 0 Å². The number of nitrogens with zero attached hydrogens (tertiary/aromatic N) is 1. The Morgan fingerprint density at radius 3 is 2.24 bits per heavy atom. The summed E-state index contributed by atoms with van der Waals surface area (Å²) < 4.78 is 0. The van der Waals surface area contributed by atoms with Gasteiger partial charge in [0, 0.05) is 24.8 Å². The van der Waals surface area contributed by atoms with Gasteiger partial charge in [0.15, 0.2) is 0 Å². The molecule has 0 aliphatic carbocycles. The van der Waals surface area contributed by atoms with Crippen molar-refractivity contribution in [2.45, 2.75) is 52.1 Å². The van der Waals surface area contributed by atoms with Crippen LogP contribution in [-0.4, -0.2) is 13.1 Å². The van der Waals surface area contributed by atoms with Crippen LogP contribution in [0.15, 0.2) is 24.3 Å². The van der Waals surface area contributed by atoms with Crippen LogP contribution in [-0.2, 0) is 0 Å². The van der Waals surface area contributed by atoms with Gasteiger partial charge in [-0.3, -0.25) is 0 Å². The fourth-order valence-corrected chi connectivity index (χ4v) is 2.06. The largest absolute Gasteiger partial charge is 0.372 e. The molecule has 0 spiro atoms. The van der Waals surface area contributed by atoms with Gasteiger partial charge in [0.1, 0.15) is 0 Å². The maximum absolute atomic E-state index is 6.01. The summed E-state index contributed by atoms with van der Waals surface area (Å²) in [6.07, 6.45) is 3.44. The number of hydrogen-bond donors (Lipinski definition) is 1. The van der Waals surface area contributed by atoms with Gasteiger partial charge in [0.05, 0.1) is 0 Å². The van der Waals surface area contributed by atoms with Crippen LogP contribution in [0.4, 0.5) is 5.69 Å². The molecule has 2 nitrogen and oxygen atoms in total. The number of hydrogen-bond acceptors (Lipinski definition) is 2. The number of anilines is 1. The Labute approximate surface area is 106 Å². The molecule has 2 heteroatoms. The molecular weight excluding hydrogens is 208 g/mol. The van der Waals surface area contributed by atoms with Crippen molar-refractivity contribution in [3.8, 4) is 0 Å². The van der Waals surface area contributed by atoms with E-state index in [2.05, 4.69) is 57.0 Å². The second-order valence-corrected chi connectivity index (χ2v) is 4.85. The van der Waals surface area contributed by atoms with Gasteiger partial charge in [-0.25, -0.2) is 0 Å². The zero-order valence-electron chi connectivity index (χ0n) is 11.6. The topological polar surface area (TPSA) is 29.3 Å². The van der Waals surface area contributed by atoms with Crippen LogP contribution in [0.3, 0.4) is 0 Å². The molecule has 0 saturated heterocycles. The Morgan fingerprint density at radius 2 is 1.76 bits per heavy atom. The van der Waals surface area contributed by atoms with Gasteiger partial charge >= 0.3 is 0 Å². The molecule has 17 heavy (non-hydrogen) atoms. The van der Waals surface area contributed by atoms with Crippen molar-refractivity contribution in [3.05, 3.63) is 29.8 Å². The van der Waals surface area contributed by atoms with Crippen LogP contribution < -0.4 is 10.6 Å². The first-order valence-corrected chi connectivity index (χ1v) is 6.68. The summed E-state index contributed by atoms with van der Waals surface area (Å²) >= 11 is 0. The molecular formula is C15H26N2. The van der Waals surface area contributed by atoms with Crippen LogP contribution in [0, 0.1) is 0 Å². The predicted octanol–water partition coefficient (Wildman–Crippen LogP) is 3.72. The van der Waals surface area contributed by atoms with Crippen molar-refractivity contribution in [1.82, 2.24) is 0 Å². The Morgan fingerprint density at radius 1 is 1.18 bits per heavy atom. The molecule has 2 unspecified atom stereocenters. The molecule has 0 aliphatic rings. The molecule has 1 rings (SSSR count). The van der Waals surface area contributed by atoms with E-state index in [1.165, 1.54) is 24.1 Å². The van der Waals surface area contributed by atoms with Crippen molar-refractivity contribution in [1.29, 1.82) is 0 Å². The molecule has 0 aromatic heterocycles. The number of nitrogens with two attached hydrogens (primary N) is 1. The zero-order valence-corrected chi connectivity index (χ0v) is 11.6. The lowest BCUT2D eigenvalue weighted by Crippen LogP contribution is -2.28. The second-order valence-electron chi connectivity index (χ2n) is 4.85. The molecule has 0 bridgehead atoms. The van der Waals surface area contributed by atoms with E-state index < -0.39 is 0 Å². The highest BCUT2D eigenvalue weighted by molar-refractivity contribution is 5.48. The summed E-state index contributed by atoms with van der Waals surface area (Å²) in [7, 11) is 2.16. The molecule has 96 valence electrons. The van der Waals surface area contributed by atoms with E-state index in [4.69, 9.17) is 5.73 Å². The normalized spacial score (nSPS) is 14.4. The molecule has 0 radical (unpaired) electrons. The first-order valence-electron chi connectivity index (χ1n) is 6.68. The van der Waals surface area contributed by atoms with Gasteiger partial charge in [-0.15, -0.1) is 0 Å². The van der Waals surface area contributed by atoms with Crippen molar-refractivity contribution in [2.75, 3.05) is 11.9 Å². The third kappa shape index (κ3) is 3.74. The van der Waals surface area contributed by atoms with Gasteiger partial charge < -0.3 is 10.6 Å². The zero-order chi connectivity index (χ0) is 12.8. The highest BCUT2D eigenvalue weighted by Gasteiger charge is 2.09. The van der Waals surface area contributed by atoms with Gasteiger partial charge in [-0.1, -0.05) is 32.4 Å². The minimum Gasteiger partial charge on any atom is -0.372 e. The molecule has 0 aliphatic heterocycles. The lowest BCUT2D eigenvalue weighted by molar-refractivity contribution is 0.616. The van der Waals surface area contributed by atoms with Crippen LogP contribution in [0.1, 0.15) is 51.6 Å². The Kier molecular flexibility index (Phi) is 5.49. The van der Waals surface area contributed by atoms with E-state index in [0.29, 0.717) is 6.04 Å². The fourth-order valence-electron chi connectivity index (χ4n) is 2.06. The summed E-state index contributed by atoms with van der Waals surface area (Å²) in [5.74, 6) is 0. The third-order valence-corrected chi connectivity index (χ3v) is 3.54. The van der Waals surface area contributed by atoms with E-state index in [1.807, 2.05) is 0 Å². The van der Waals surface area contributed by atoms with Gasteiger partial charge in [0.25, 0.3) is 0 Å². The van der Waals surface area contributed by atoms with Crippen LogP contribution in [0.5, 0.6) is 0 Å². The number of rotatable bonds is 6. The number of benzene rings is 1. The molecule has 1 aromatic rings. The quantitative estimate of drug-likeness (QED) is 0.813. The Bertz CT molecular complexity index is 318. The minimum absolute atomic E-state index is 0.169. The maximum atomic E-state index is 6.01. The van der Waals surface area contributed by atoms with Crippen LogP contribution in [0.2, 0.25) is 0 Å². The molecule has 2 atom stereocenters. The van der Waals surface area contributed by atoms with Crippen molar-refractivity contribution in [3.63, 3.8) is 0 Å². The summed E-state index contributed by atoms with van der Waals surface area (Å²) in [6.45, 7) is 6.62. The lowest BCUT2D eigenvalue weighted by atomic mass is 10.0. The molecule has 1 aromatic carbocycles. The van der Waals surface area contributed by atoms with E-state index in [9.17, 15) is 0 Å². The standard InChI is InChI=1S/C15H26N2/c1-5-7-12(3)17(4)14-10-8-13(9-11-14)15(16)6-2/h8-12,15H,5-7,16H2,1-4H3. The Balaban J connectivity index is 2.73. The summed E-state index contributed by atoms with van der Waals surface area (Å²) in [5.41, 5.74) is 8.52. The molecule has 0 amide bonds. The highest BCUT2D eigenvalue weighted by Crippen LogP contribution is 2.21. The maximum Gasteiger partial charge on any atom is 0.0366 e.